The van der Waals surface area contributed by atoms with Gasteiger partial charge in [-0.05, 0) is 35.9 Å². The molecule has 8 nitrogen and oxygen atoms in total. The Morgan fingerprint density at radius 3 is 2.60 bits per heavy atom. The summed E-state index contributed by atoms with van der Waals surface area (Å²) in [6.45, 7) is 3.37. The van der Waals surface area contributed by atoms with Crippen molar-refractivity contribution < 1.29 is 9.59 Å². The van der Waals surface area contributed by atoms with E-state index in [2.05, 4.69) is 20.7 Å². The number of hydrogen-bond donors (Lipinski definition) is 1. The maximum Gasteiger partial charge on any atom is 0.253 e. The Hall–Kier alpha value is -3.20. The van der Waals surface area contributed by atoms with Crippen LogP contribution in [0.4, 0.5) is 5.69 Å². The summed E-state index contributed by atoms with van der Waals surface area (Å²) in [5.41, 5.74) is 2.97. The summed E-state index contributed by atoms with van der Waals surface area (Å²) in [7, 11) is 0. The number of nitrogens with zero attached hydrogens (tertiary/aromatic N) is 5. The molecule has 0 saturated carbocycles. The fraction of sp³-hybridized carbons (Fsp3) is 0.286. The molecule has 0 atom stereocenters. The zero-order chi connectivity index (χ0) is 20.9. The lowest BCUT2D eigenvalue weighted by atomic mass is 10.1. The van der Waals surface area contributed by atoms with Gasteiger partial charge in [0, 0.05) is 41.4 Å². The second-order valence-corrected chi connectivity index (χ2v) is 8.22. The Labute approximate surface area is 178 Å². The molecule has 2 heterocycles. The first-order valence-electron chi connectivity index (χ1n) is 9.71. The highest BCUT2D eigenvalue weighted by Crippen LogP contribution is 2.19. The molecule has 9 heteroatoms. The topological polar surface area (TPSA) is 93.0 Å². The molecule has 0 bridgehead atoms. The number of anilines is 1. The van der Waals surface area contributed by atoms with Gasteiger partial charge in [0.1, 0.15) is 6.54 Å². The SMILES string of the molecule is Cc1cc(C(=O)N2CCSCC2)ccc1NC(=O)Cn1nnc(-c2ccccc2)n1. The molecule has 1 aliphatic rings. The number of tetrazole rings is 1. The van der Waals surface area contributed by atoms with Crippen LogP contribution in [0.5, 0.6) is 0 Å². The Bertz CT molecular complexity index is 1050. The average molecular weight is 423 g/mol. The highest BCUT2D eigenvalue weighted by atomic mass is 32.2. The standard InChI is InChI=1S/C21H22N6O2S/c1-15-13-17(21(29)26-9-11-30-12-10-26)7-8-18(15)22-19(28)14-27-24-20(23-25-27)16-5-3-2-4-6-16/h2-8,13H,9-12,14H2,1H3,(H,22,28). The minimum Gasteiger partial charge on any atom is -0.337 e. The van der Waals surface area contributed by atoms with E-state index >= 15 is 0 Å². The van der Waals surface area contributed by atoms with Crippen molar-refractivity contribution in [2.45, 2.75) is 13.5 Å². The first-order chi connectivity index (χ1) is 14.6. The van der Waals surface area contributed by atoms with E-state index in [0.717, 1.165) is 35.7 Å². The van der Waals surface area contributed by atoms with Gasteiger partial charge in [-0.1, -0.05) is 30.3 Å². The van der Waals surface area contributed by atoms with Gasteiger partial charge in [0.2, 0.25) is 11.7 Å². The number of thioether (sulfide) groups is 1. The molecule has 1 fully saturated rings. The van der Waals surface area contributed by atoms with E-state index in [-0.39, 0.29) is 18.4 Å². The van der Waals surface area contributed by atoms with Crippen LogP contribution >= 0.6 is 11.8 Å². The number of benzene rings is 2. The van der Waals surface area contributed by atoms with Gasteiger partial charge in [-0.2, -0.15) is 16.6 Å². The molecule has 3 aromatic rings. The Morgan fingerprint density at radius 2 is 1.87 bits per heavy atom. The second-order valence-electron chi connectivity index (χ2n) is 6.99. The van der Waals surface area contributed by atoms with Crippen molar-refractivity contribution in [3.05, 3.63) is 59.7 Å². The Balaban J connectivity index is 1.39. The van der Waals surface area contributed by atoms with Crippen molar-refractivity contribution in [2.24, 2.45) is 0 Å². The number of carbonyl (C=O) groups is 2. The van der Waals surface area contributed by atoms with E-state index in [4.69, 9.17) is 0 Å². The fourth-order valence-electron chi connectivity index (χ4n) is 3.22. The molecular formula is C21H22N6O2S. The smallest absolute Gasteiger partial charge is 0.253 e. The van der Waals surface area contributed by atoms with Gasteiger partial charge < -0.3 is 10.2 Å². The van der Waals surface area contributed by atoms with E-state index in [0.29, 0.717) is 17.1 Å². The Morgan fingerprint density at radius 1 is 1.10 bits per heavy atom. The number of aromatic nitrogens is 4. The summed E-state index contributed by atoms with van der Waals surface area (Å²) in [6.07, 6.45) is 0. The third-order valence-electron chi connectivity index (χ3n) is 4.82. The molecule has 154 valence electrons. The zero-order valence-electron chi connectivity index (χ0n) is 16.6. The third kappa shape index (κ3) is 4.68. The van der Waals surface area contributed by atoms with E-state index in [9.17, 15) is 9.59 Å². The average Bonchev–Trinajstić information content (AvgIpc) is 3.24. The van der Waals surface area contributed by atoms with Crippen molar-refractivity contribution in [3.63, 3.8) is 0 Å². The highest BCUT2D eigenvalue weighted by molar-refractivity contribution is 7.99. The monoisotopic (exact) mass is 422 g/mol. The van der Waals surface area contributed by atoms with Crippen LogP contribution in [0.25, 0.3) is 11.4 Å². The van der Waals surface area contributed by atoms with Crippen LogP contribution in [0.15, 0.2) is 48.5 Å². The number of amides is 2. The molecule has 0 aliphatic carbocycles. The van der Waals surface area contributed by atoms with Crippen molar-refractivity contribution >= 4 is 29.3 Å². The van der Waals surface area contributed by atoms with Crippen molar-refractivity contribution in [3.8, 4) is 11.4 Å². The summed E-state index contributed by atoms with van der Waals surface area (Å²) in [6, 6.07) is 14.8. The van der Waals surface area contributed by atoms with Crippen LogP contribution in [-0.4, -0.2) is 61.5 Å². The zero-order valence-corrected chi connectivity index (χ0v) is 17.4. The number of rotatable bonds is 5. The first kappa shape index (κ1) is 20.1. The molecular weight excluding hydrogens is 400 g/mol. The lowest BCUT2D eigenvalue weighted by molar-refractivity contribution is -0.117. The van der Waals surface area contributed by atoms with Crippen molar-refractivity contribution in [2.75, 3.05) is 29.9 Å². The third-order valence-corrected chi connectivity index (χ3v) is 5.76. The van der Waals surface area contributed by atoms with Crippen LogP contribution in [0.1, 0.15) is 15.9 Å². The van der Waals surface area contributed by atoms with Gasteiger partial charge in [-0.25, -0.2) is 0 Å². The lowest BCUT2D eigenvalue weighted by Gasteiger charge is -2.26. The maximum absolute atomic E-state index is 12.6. The van der Waals surface area contributed by atoms with Gasteiger partial charge in [-0.15, -0.1) is 10.2 Å². The van der Waals surface area contributed by atoms with Crippen LogP contribution in [0, 0.1) is 6.92 Å². The summed E-state index contributed by atoms with van der Waals surface area (Å²) >= 11 is 1.87. The van der Waals surface area contributed by atoms with Gasteiger partial charge in [0.15, 0.2) is 0 Å². The summed E-state index contributed by atoms with van der Waals surface area (Å²) < 4.78 is 0. The molecule has 2 aromatic carbocycles. The first-order valence-corrected chi connectivity index (χ1v) is 10.9. The predicted octanol–water partition coefficient (Wildman–Crippen LogP) is 2.48. The number of hydrogen-bond acceptors (Lipinski definition) is 6. The molecule has 0 unspecified atom stereocenters. The van der Waals surface area contributed by atoms with Crippen molar-refractivity contribution in [1.82, 2.24) is 25.1 Å². The maximum atomic E-state index is 12.6. The minimum absolute atomic E-state index is 0.0385. The number of aryl methyl sites for hydroxylation is 1. The van der Waals surface area contributed by atoms with Crippen molar-refractivity contribution in [1.29, 1.82) is 0 Å². The minimum atomic E-state index is -0.262. The van der Waals surface area contributed by atoms with Gasteiger partial charge in [0.05, 0.1) is 0 Å². The van der Waals surface area contributed by atoms with Crippen LogP contribution in [0.2, 0.25) is 0 Å². The predicted molar refractivity (Wildman–Crippen MR) is 116 cm³/mol. The largest absolute Gasteiger partial charge is 0.337 e. The fourth-order valence-corrected chi connectivity index (χ4v) is 4.12. The molecule has 1 N–H and O–H groups in total. The summed E-state index contributed by atoms with van der Waals surface area (Å²) in [4.78, 5) is 28.2. The highest BCUT2D eigenvalue weighted by Gasteiger charge is 2.19. The molecule has 2 amide bonds. The van der Waals surface area contributed by atoms with E-state index in [1.165, 1.54) is 4.80 Å². The molecule has 30 heavy (non-hydrogen) atoms. The molecule has 0 spiro atoms. The molecule has 4 rings (SSSR count). The molecule has 1 saturated heterocycles. The Kier molecular flexibility index (Phi) is 6.08. The summed E-state index contributed by atoms with van der Waals surface area (Å²) in [5.74, 6) is 2.19. The number of carbonyl (C=O) groups excluding carboxylic acids is 2. The van der Waals surface area contributed by atoms with E-state index in [1.54, 1.807) is 12.1 Å². The van der Waals surface area contributed by atoms with Crippen LogP contribution in [-0.2, 0) is 11.3 Å². The van der Waals surface area contributed by atoms with Gasteiger partial charge in [0.25, 0.3) is 5.91 Å². The molecule has 1 aliphatic heterocycles. The van der Waals surface area contributed by atoms with E-state index in [1.807, 2.05) is 60.0 Å². The summed E-state index contributed by atoms with van der Waals surface area (Å²) in [5, 5.41) is 15.1. The lowest BCUT2D eigenvalue weighted by Crippen LogP contribution is -2.37. The quantitative estimate of drug-likeness (QED) is 0.679. The number of nitrogens with one attached hydrogen (secondary N) is 1. The normalized spacial score (nSPS) is 13.8. The van der Waals surface area contributed by atoms with Gasteiger partial charge in [-0.3, -0.25) is 9.59 Å². The second kappa shape index (κ2) is 9.08. The van der Waals surface area contributed by atoms with Crippen LogP contribution in [0.3, 0.4) is 0 Å². The van der Waals surface area contributed by atoms with E-state index < -0.39 is 0 Å². The van der Waals surface area contributed by atoms with Crippen LogP contribution < -0.4 is 5.32 Å². The van der Waals surface area contributed by atoms with Gasteiger partial charge >= 0.3 is 0 Å². The molecule has 0 radical (unpaired) electrons. The molecule has 1 aromatic heterocycles.